The molecule has 3 rings (SSSR count). The molecular weight excluding hydrogens is 210 g/mol. The third-order valence-corrected chi connectivity index (χ3v) is 3.28. The Bertz CT molecular complexity index is 486. The van der Waals surface area contributed by atoms with Gasteiger partial charge in [0.25, 0.3) is 0 Å². The molecule has 2 aromatic heterocycles. The highest BCUT2D eigenvalue weighted by Gasteiger charge is 2.18. The molecule has 0 spiro atoms. The smallest absolute Gasteiger partial charge is 0.183 e. The minimum atomic E-state index is 0.582. The van der Waals surface area contributed by atoms with Crippen molar-refractivity contribution in [2.75, 3.05) is 5.73 Å². The van der Waals surface area contributed by atoms with E-state index < -0.39 is 0 Å². The Kier molecular flexibility index (Phi) is 1.95. The van der Waals surface area contributed by atoms with Crippen LogP contribution in [0, 0.1) is 0 Å². The summed E-state index contributed by atoms with van der Waals surface area (Å²) in [5.41, 5.74) is 6.46. The molecule has 15 heavy (non-hydrogen) atoms. The second-order valence-corrected chi connectivity index (χ2v) is 4.51. The fourth-order valence-electron chi connectivity index (χ4n) is 1.89. The van der Waals surface area contributed by atoms with E-state index in [0.717, 1.165) is 30.3 Å². The van der Waals surface area contributed by atoms with E-state index in [1.54, 1.807) is 0 Å². The van der Waals surface area contributed by atoms with Crippen LogP contribution in [-0.4, -0.2) is 19.7 Å². The second-order valence-electron chi connectivity index (χ2n) is 3.62. The largest absolute Gasteiger partial charge is 0.375 e. The topological polar surface area (TPSA) is 69.6 Å². The molecular formula is C9H11N5S. The van der Waals surface area contributed by atoms with Crippen molar-refractivity contribution in [3.05, 3.63) is 11.2 Å². The maximum Gasteiger partial charge on any atom is 0.183 e. The van der Waals surface area contributed by atoms with E-state index in [-0.39, 0.29) is 0 Å². The van der Waals surface area contributed by atoms with Crippen LogP contribution < -0.4 is 5.73 Å². The predicted octanol–water partition coefficient (Wildman–Crippen LogP) is 1.32. The van der Waals surface area contributed by atoms with Crippen LogP contribution in [0.15, 0.2) is 5.38 Å². The summed E-state index contributed by atoms with van der Waals surface area (Å²) in [5.74, 6) is 1.93. The fourth-order valence-corrected chi connectivity index (χ4v) is 2.43. The number of hydrogen-bond acceptors (Lipinski definition) is 5. The maximum absolute atomic E-state index is 5.61. The Morgan fingerprint density at radius 3 is 3.07 bits per heavy atom. The van der Waals surface area contributed by atoms with Gasteiger partial charge in [0.1, 0.15) is 11.5 Å². The lowest BCUT2D eigenvalue weighted by molar-refractivity contribution is 0.525. The van der Waals surface area contributed by atoms with Gasteiger partial charge in [-0.3, -0.25) is 0 Å². The first-order chi connectivity index (χ1) is 7.34. The molecule has 2 aromatic rings. The number of aromatic nitrogens is 4. The number of anilines is 1. The van der Waals surface area contributed by atoms with E-state index in [1.165, 1.54) is 24.2 Å². The van der Waals surface area contributed by atoms with E-state index in [4.69, 9.17) is 5.73 Å². The Morgan fingerprint density at radius 1 is 1.33 bits per heavy atom. The highest BCUT2D eigenvalue weighted by molar-refractivity contribution is 7.13. The third kappa shape index (κ3) is 1.41. The van der Waals surface area contributed by atoms with Gasteiger partial charge in [-0.05, 0) is 12.8 Å². The van der Waals surface area contributed by atoms with Gasteiger partial charge in [0.2, 0.25) is 0 Å². The molecule has 5 nitrogen and oxygen atoms in total. The van der Waals surface area contributed by atoms with Crippen molar-refractivity contribution < 1.29 is 0 Å². The zero-order chi connectivity index (χ0) is 10.3. The molecule has 2 N–H and O–H groups in total. The van der Waals surface area contributed by atoms with Crippen LogP contribution in [0.5, 0.6) is 0 Å². The zero-order valence-corrected chi connectivity index (χ0v) is 9.00. The molecule has 0 aliphatic carbocycles. The molecule has 0 radical (unpaired) electrons. The van der Waals surface area contributed by atoms with Crippen LogP contribution in [0.4, 0.5) is 5.13 Å². The normalized spacial score (nSPS) is 15.2. The monoisotopic (exact) mass is 221 g/mol. The average Bonchev–Trinajstić information content (AvgIpc) is 2.83. The Labute approximate surface area is 91.0 Å². The first-order valence-corrected chi connectivity index (χ1v) is 5.86. The van der Waals surface area contributed by atoms with Gasteiger partial charge in [-0.15, -0.1) is 21.5 Å². The maximum atomic E-state index is 5.61. The van der Waals surface area contributed by atoms with Crippen molar-refractivity contribution in [3.8, 4) is 11.5 Å². The molecule has 0 bridgehead atoms. The number of thiazole rings is 1. The summed E-state index contributed by atoms with van der Waals surface area (Å²) in [6, 6.07) is 0. The van der Waals surface area contributed by atoms with E-state index in [0.29, 0.717) is 5.13 Å². The Hall–Kier alpha value is -1.43. The molecule has 1 aliphatic rings. The summed E-state index contributed by atoms with van der Waals surface area (Å²) < 4.78 is 2.15. The summed E-state index contributed by atoms with van der Waals surface area (Å²) in [5, 5.41) is 10.9. The number of nitrogens with two attached hydrogens (primary N) is 1. The lowest BCUT2D eigenvalue weighted by Gasteiger charge is -2.13. The van der Waals surface area contributed by atoms with Gasteiger partial charge >= 0.3 is 0 Å². The van der Waals surface area contributed by atoms with Gasteiger partial charge in [0.05, 0.1) is 0 Å². The van der Waals surface area contributed by atoms with Crippen molar-refractivity contribution in [1.82, 2.24) is 19.7 Å². The molecule has 0 unspecified atom stereocenters. The van der Waals surface area contributed by atoms with Gasteiger partial charge < -0.3 is 10.3 Å². The minimum absolute atomic E-state index is 0.582. The van der Waals surface area contributed by atoms with E-state index in [1.807, 2.05) is 5.38 Å². The first kappa shape index (κ1) is 8.84. The first-order valence-electron chi connectivity index (χ1n) is 4.98. The molecule has 0 fully saturated rings. The average molecular weight is 221 g/mol. The number of aryl methyl sites for hydroxylation is 1. The number of rotatable bonds is 1. The second kappa shape index (κ2) is 3.30. The molecule has 0 aromatic carbocycles. The van der Waals surface area contributed by atoms with Gasteiger partial charge in [-0.2, -0.15) is 0 Å². The highest BCUT2D eigenvalue weighted by Crippen LogP contribution is 2.24. The number of fused-ring (bicyclic) bond motifs is 1. The summed E-state index contributed by atoms with van der Waals surface area (Å²) in [7, 11) is 0. The number of hydrogen-bond donors (Lipinski definition) is 1. The van der Waals surface area contributed by atoms with Crippen LogP contribution >= 0.6 is 11.3 Å². The fraction of sp³-hybridized carbons (Fsp3) is 0.444. The molecule has 1 aliphatic heterocycles. The molecule has 6 heteroatoms. The molecule has 0 amide bonds. The zero-order valence-electron chi connectivity index (χ0n) is 8.18. The van der Waals surface area contributed by atoms with Crippen LogP contribution in [0.3, 0.4) is 0 Å². The van der Waals surface area contributed by atoms with Gasteiger partial charge in [-0.1, -0.05) is 0 Å². The summed E-state index contributed by atoms with van der Waals surface area (Å²) in [4.78, 5) is 4.23. The minimum Gasteiger partial charge on any atom is -0.375 e. The quantitative estimate of drug-likeness (QED) is 0.788. The number of nitrogens with zero attached hydrogens (tertiary/aromatic N) is 4. The molecule has 78 valence electrons. The van der Waals surface area contributed by atoms with Crippen molar-refractivity contribution in [3.63, 3.8) is 0 Å². The van der Waals surface area contributed by atoms with E-state index in [9.17, 15) is 0 Å². The molecule has 0 saturated carbocycles. The summed E-state index contributed by atoms with van der Waals surface area (Å²) >= 11 is 1.44. The standard InChI is InChI=1S/C9H11N5S/c10-9-11-6(5-15-9)8-13-12-7-3-1-2-4-14(7)8/h5H,1-4H2,(H2,10,11). The Balaban J connectivity index is 2.08. The molecule has 0 atom stereocenters. The van der Waals surface area contributed by atoms with Crippen LogP contribution in [0.1, 0.15) is 18.7 Å². The van der Waals surface area contributed by atoms with Crippen molar-refractivity contribution in [1.29, 1.82) is 0 Å². The molecule has 0 saturated heterocycles. The van der Waals surface area contributed by atoms with Crippen molar-refractivity contribution >= 4 is 16.5 Å². The molecule has 3 heterocycles. The Morgan fingerprint density at radius 2 is 2.27 bits per heavy atom. The van der Waals surface area contributed by atoms with Crippen LogP contribution in [0.2, 0.25) is 0 Å². The van der Waals surface area contributed by atoms with Crippen molar-refractivity contribution in [2.24, 2.45) is 0 Å². The summed E-state index contributed by atoms with van der Waals surface area (Å²) in [6.07, 6.45) is 3.42. The van der Waals surface area contributed by atoms with Crippen molar-refractivity contribution in [2.45, 2.75) is 25.8 Å². The lowest BCUT2D eigenvalue weighted by atomic mass is 10.1. The SMILES string of the molecule is Nc1nc(-c2nnc3n2CCCC3)cs1. The summed E-state index contributed by atoms with van der Waals surface area (Å²) in [6.45, 7) is 0.995. The van der Waals surface area contributed by atoms with Gasteiger partial charge in [-0.25, -0.2) is 4.98 Å². The van der Waals surface area contributed by atoms with Crippen LogP contribution in [0.25, 0.3) is 11.5 Å². The van der Waals surface area contributed by atoms with E-state index >= 15 is 0 Å². The number of nitrogen functional groups attached to an aromatic ring is 1. The van der Waals surface area contributed by atoms with Gasteiger partial charge in [0, 0.05) is 18.3 Å². The lowest BCUT2D eigenvalue weighted by Crippen LogP contribution is -2.11. The van der Waals surface area contributed by atoms with Crippen LogP contribution in [-0.2, 0) is 13.0 Å². The highest BCUT2D eigenvalue weighted by atomic mass is 32.1. The van der Waals surface area contributed by atoms with Gasteiger partial charge in [0.15, 0.2) is 11.0 Å². The third-order valence-electron chi connectivity index (χ3n) is 2.61. The van der Waals surface area contributed by atoms with E-state index in [2.05, 4.69) is 19.7 Å². The predicted molar refractivity (Wildman–Crippen MR) is 58.5 cm³/mol.